The smallest absolute Gasteiger partial charge is 0.414 e. The summed E-state index contributed by atoms with van der Waals surface area (Å²) in [7, 11) is 0. The second-order valence-corrected chi connectivity index (χ2v) is 8.61. The fourth-order valence-electron chi connectivity index (χ4n) is 4.98. The van der Waals surface area contributed by atoms with Gasteiger partial charge >= 0.3 is 12.5 Å². The van der Waals surface area contributed by atoms with Crippen molar-refractivity contribution in [1.82, 2.24) is 15.6 Å². The SMILES string of the molecule is N#C[C@]1(c2ccc(-c3ccc(N4C[C@H](CNC(=O)C(F)F)OC4=O)cc3F)cn2)[C@@H]2CNC[C@@H]21. The van der Waals surface area contributed by atoms with Gasteiger partial charge in [-0.25, -0.2) is 9.18 Å². The van der Waals surface area contributed by atoms with E-state index in [4.69, 9.17) is 4.74 Å². The number of benzene rings is 1. The lowest BCUT2D eigenvalue weighted by Crippen LogP contribution is -2.37. The summed E-state index contributed by atoms with van der Waals surface area (Å²) in [5.74, 6) is -1.54. The number of alkyl halides is 2. The number of halogens is 3. The van der Waals surface area contributed by atoms with Crippen LogP contribution in [0, 0.1) is 29.0 Å². The number of rotatable bonds is 6. The van der Waals surface area contributed by atoms with Gasteiger partial charge in [0.25, 0.3) is 5.91 Å². The minimum atomic E-state index is -3.16. The molecule has 1 aromatic heterocycles. The van der Waals surface area contributed by atoms with Crippen LogP contribution < -0.4 is 15.5 Å². The Morgan fingerprint density at radius 1 is 1.32 bits per heavy atom. The van der Waals surface area contributed by atoms with Crippen molar-refractivity contribution < 1.29 is 27.5 Å². The van der Waals surface area contributed by atoms with E-state index in [1.807, 2.05) is 5.32 Å². The van der Waals surface area contributed by atoms with Crippen molar-refractivity contribution in [2.45, 2.75) is 17.9 Å². The lowest BCUT2D eigenvalue weighted by Gasteiger charge is -2.15. The van der Waals surface area contributed by atoms with Crippen LogP contribution in [0.15, 0.2) is 36.5 Å². The fraction of sp³-hybridized carbons (Fsp3) is 0.391. The third-order valence-electron chi connectivity index (χ3n) is 6.80. The molecule has 2 aliphatic heterocycles. The molecule has 4 atom stereocenters. The Balaban J connectivity index is 1.28. The van der Waals surface area contributed by atoms with Crippen molar-refractivity contribution in [3.05, 3.63) is 48.0 Å². The lowest BCUT2D eigenvalue weighted by molar-refractivity contribution is -0.132. The quantitative estimate of drug-likeness (QED) is 0.669. The molecule has 0 radical (unpaired) electrons. The van der Waals surface area contributed by atoms with Crippen LogP contribution >= 0.6 is 0 Å². The van der Waals surface area contributed by atoms with Gasteiger partial charge in [0.15, 0.2) is 0 Å². The zero-order valence-corrected chi connectivity index (χ0v) is 17.8. The summed E-state index contributed by atoms with van der Waals surface area (Å²) >= 11 is 0. The first-order chi connectivity index (χ1) is 16.3. The average Bonchev–Trinajstić information content (AvgIpc) is 3.12. The molecule has 5 rings (SSSR count). The minimum absolute atomic E-state index is 0.0230. The Labute approximate surface area is 192 Å². The maximum atomic E-state index is 14.9. The normalized spacial score (nSPS) is 27.3. The number of anilines is 1. The molecule has 3 fully saturated rings. The van der Waals surface area contributed by atoms with Gasteiger partial charge in [-0.2, -0.15) is 14.0 Å². The van der Waals surface area contributed by atoms with E-state index in [1.54, 1.807) is 24.4 Å². The molecule has 0 unspecified atom stereocenters. The second kappa shape index (κ2) is 8.29. The van der Waals surface area contributed by atoms with E-state index in [0.29, 0.717) is 11.3 Å². The maximum absolute atomic E-state index is 14.9. The largest absolute Gasteiger partial charge is 0.442 e. The van der Waals surface area contributed by atoms with Crippen LogP contribution in [-0.4, -0.2) is 55.7 Å². The second-order valence-electron chi connectivity index (χ2n) is 8.61. The van der Waals surface area contributed by atoms with E-state index in [1.165, 1.54) is 17.0 Å². The van der Waals surface area contributed by atoms with Gasteiger partial charge in [0.2, 0.25) is 0 Å². The summed E-state index contributed by atoms with van der Waals surface area (Å²) in [4.78, 5) is 28.8. The highest BCUT2D eigenvalue weighted by Crippen LogP contribution is 2.60. The van der Waals surface area contributed by atoms with Crippen LogP contribution in [0.25, 0.3) is 11.1 Å². The summed E-state index contributed by atoms with van der Waals surface area (Å²) in [6, 6.07) is 10.1. The molecule has 1 aromatic carbocycles. The molecule has 0 spiro atoms. The van der Waals surface area contributed by atoms with Gasteiger partial charge in [-0.1, -0.05) is 6.07 Å². The number of carbonyl (C=O) groups is 2. The molecule has 2 aromatic rings. The van der Waals surface area contributed by atoms with Gasteiger partial charge in [0.1, 0.15) is 17.3 Å². The number of fused-ring (bicyclic) bond motifs is 1. The average molecular weight is 471 g/mol. The molecule has 176 valence electrons. The Morgan fingerprint density at radius 2 is 2.09 bits per heavy atom. The first kappa shape index (κ1) is 22.2. The van der Waals surface area contributed by atoms with E-state index >= 15 is 0 Å². The third kappa shape index (κ3) is 3.54. The van der Waals surface area contributed by atoms with Crippen LogP contribution in [0.3, 0.4) is 0 Å². The lowest BCUT2D eigenvalue weighted by atomic mass is 9.96. The number of piperidine rings is 1. The van der Waals surface area contributed by atoms with Crippen molar-refractivity contribution in [1.29, 1.82) is 5.26 Å². The molecule has 2 amide bonds. The molecular weight excluding hydrogens is 451 g/mol. The molecule has 11 heteroatoms. The predicted octanol–water partition coefficient (Wildman–Crippen LogP) is 2.20. The van der Waals surface area contributed by atoms with Crippen LogP contribution in [0.5, 0.6) is 0 Å². The first-order valence-corrected chi connectivity index (χ1v) is 10.8. The Bertz CT molecular complexity index is 1170. The molecule has 3 aliphatic rings. The Hall–Kier alpha value is -3.65. The van der Waals surface area contributed by atoms with Gasteiger partial charge in [-0.3, -0.25) is 14.7 Å². The zero-order chi connectivity index (χ0) is 24.0. The molecule has 2 saturated heterocycles. The first-order valence-electron chi connectivity index (χ1n) is 10.8. The number of amides is 2. The highest BCUT2D eigenvalue weighted by molar-refractivity contribution is 5.90. The number of nitrogens with zero attached hydrogens (tertiary/aromatic N) is 3. The number of aromatic nitrogens is 1. The molecule has 3 heterocycles. The number of hydrogen-bond donors (Lipinski definition) is 2. The van der Waals surface area contributed by atoms with Crippen LogP contribution in [0.1, 0.15) is 5.69 Å². The van der Waals surface area contributed by atoms with Gasteiger partial charge < -0.3 is 15.4 Å². The molecule has 1 aliphatic carbocycles. The van der Waals surface area contributed by atoms with Crippen molar-refractivity contribution in [3.8, 4) is 17.2 Å². The van der Waals surface area contributed by atoms with Crippen LogP contribution in [0.4, 0.5) is 23.7 Å². The minimum Gasteiger partial charge on any atom is -0.442 e. The molecule has 34 heavy (non-hydrogen) atoms. The van der Waals surface area contributed by atoms with E-state index in [9.17, 15) is 28.0 Å². The molecule has 2 N–H and O–H groups in total. The topological polar surface area (TPSA) is 107 Å². The van der Waals surface area contributed by atoms with Gasteiger partial charge in [0.05, 0.1) is 30.5 Å². The Kier molecular flexibility index (Phi) is 5.40. The van der Waals surface area contributed by atoms with Crippen molar-refractivity contribution in [3.63, 3.8) is 0 Å². The van der Waals surface area contributed by atoms with Gasteiger partial charge in [-0.05, 0) is 24.3 Å². The van der Waals surface area contributed by atoms with E-state index in [0.717, 1.165) is 13.1 Å². The maximum Gasteiger partial charge on any atom is 0.414 e. The highest BCUT2D eigenvalue weighted by atomic mass is 19.3. The number of carbonyl (C=O) groups excluding carboxylic acids is 2. The van der Waals surface area contributed by atoms with Crippen LogP contribution in [-0.2, 0) is 14.9 Å². The highest BCUT2D eigenvalue weighted by Gasteiger charge is 2.69. The number of pyridine rings is 1. The van der Waals surface area contributed by atoms with Crippen LogP contribution in [0.2, 0.25) is 0 Å². The number of cyclic esters (lactones) is 1. The number of nitriles is 1. The van der Waals surface area contributed by atoms with Crippen molar-refractivity contribution >= 4 is 17.7 Å². The van der Waals surface area contributed by atoms with Crippen molar-refractivity contribution in [2.75, 3.05) is 31.1 Å². The third-order valence-corrected chi connectivity index (χ3v) is 6.80. The van der Waals surface area contributed by atoms with E-state index < -0.39 is 35.8 Å². The summed E-state index contributed by atoms with van der Waals surface area (Å²) in [5, 5.41) is 15.0. The summed E-state index contributed by atoms with van der Waals surface area (Å²) < 4.78 is 44.6. The predicted molar refractivity (Wildman–Crippen MR) is 113 cm³/mol. The molecule has 8 nitrogen and oxygen atoms in total. The Morgan fingerprint density at radius 3 is 2.71 bits per heavy atom. The number of nitrogens with one attached hydrogen (secondary N) is 2. The van der Waals surface area contributed by atoms with Gasteiger partial charge in [-0.15, -0.1) is 0 Å². The zero-order valence-electron chi connectivity index (χ0n) is 17.8. The molecule has 0 bridgehead atoms. The fourth-order valence-corrected chi connectivity index (χ4v) is 4.98. The summed E-state index contributed by atoms with van der Waals surface area (Å²) in [6.07, 6.45) is -3.22. The monoisotopic (exact) mass is 471 g/mol. The molecule has 1 saturated carbocycles. The van der Waals surface area contributed by atoms with Crippen molar-refractivity contribution in [2.24, 2.45) is 11.8 Å². The number of hydrogen-bond acceptors (Lipinski definition) is 6. The molecular formula is C23H20F3N5O3. The number of ether oxygens (including phenoxy) is 1. The summed E-state index contributed by atoms with van der Waals surface area (Å²) in [6.45, 7) is 1.28. The standard InChI is InChI=1S/C23H20F3N5O3/c24-18-5-13(31-10-14(34-22(31)33)7-30-21(32)20(25)26)2-3-15(18)12-1-4-19(29-6-12)23(11-27)16-8-28-9-17(16)23/h1-6,14,16-17,20,28H,7-10H2,(H,30,32)/t14-,16-,17+,23+/m0/s1. The van der Waals surface area contributed by atoms with E-state index in [2.05, 4.69) is 16.4 Å². The van der Waals surface area contributed by atoms with Gasteiger partial charge in [0, 0.05) is 42.2 Å². The summed E-state index contributed by atoms with van der Waals surface area (Å²) in [5.41, 5.74) is 1.16. The van der Waals surface area contributed by atoms with E-state index in [-0.39, 0.29) is 36.2 Å².